The Bertz CT molecular complexity index is 2270. The molecule has 0 aromatic rings. The van der Waals surface area contributed by atoms with E-state index >= 15 is 0 Å². The quantitative estimate of drug-likeness (QED) is 0.0304. The van der Waals surface area contributed by atoms with E-state index in [1.54, 1.807) is 6.08 Å². The third-order valence-corrected chi connectivity index (χ3v) is 21.2. The number of hydrogen-bond acceptors (Lipinski definition) is 27. The zero-order valence-corrected chi connectivity index (χ0v) is 63.3. The molecule has 17 N–H and O–H groups in total. The Kier molecular flexibility index (Phi) is 46.9. The average Bonchev–Trinajstić information content (AvgIpc) is 0.772. The lowest BCUT2D eigenvalue weighted by atomic mass is 9.94. The van der Waals surface area contributed by atoms with E-state index in [-0.39, 0.29) is 12.3 Å². The fourth-order valence-corrected chi connectivity index (χ4v) is 14.6. The lowest BCUT2D eigenvalue weighted by molar-refractivity contribution is -0.389. The number of unbranched alkanes of at least 4 members (excludes halogenated alkanes) is 33. The van der Waals surface area contributed by atoms with Gasteiger partial charge in [0.25, 0.3) is 0 Å². The first-order chi connectivity index (χ1) is 50.7. The summed E-state index contributed by atoms with van der Waals surface area (Å²) in [6, 6.07) is -2.70. The zero-order valence-electron chi connectivity index (χ0n) is 63.3. The van der Waals surface area contributed by atoms with Crippen LogP contribution in [0.3, 0.4) is 0 Å². The number of carbonyl (C=O) groups excluding carboxylic acids is 2. The molecule has 5 aliphatic heterocycles. The number of ether oxygens (including phenoxy) is 10. The molecule has 616 valence electrons. The van der Waals surface area contributed by atoms with Crippen molar-refractivity contribution in [2.75, 3.05) is 33.0 Å². The van der Waals surface area contributed by atoms with E-state index in [1.165, 1.54) is 174 Å². The van der Waals surface area contributed by atoms with E-state index in [9.17, 15) is 86.2 Å². The molecule has 5 aliphatic rings. The average molecular weight is 1510 g/mol. The Morgan fingerprint density at radius 2 is 0.743 bits per heavy atom. The maximum absolute atomic E-state index is 13.5. The van der Waals surface area contributed by atoms with E-state index in [2.05, 4.69) is 24.5 Å². The van der Waals surface area contributed by atoms with Crippen molar-refractivity contribution in [2.24, 2.45) is 0 Å². The summed E-state index contributed by atoms with van der Waals surface area (Å²) in [6.45, 7) is 2.68. The Morgan fingerprint density at radius 3 is 1.17 bits per heavy atom. The lowest BCUT2D eigenvalue weighted by Gasteiger charge is -2.50. The van der Waals surface area contributed by atoms with Crippen LogP contribution in [0.4, 0.5) is 0 Å². The summed E-state index contributed by atoms with van der Waals surface area (Å²) >= 11 is 0. The Morgan fingerprint density at radius 1 is 0.390 bits per heavy atom. The summed E-state index contributed by atoms with van der Waals surface area (Å²) in [6.07, 6.45) is 0.986. The molecule has 0 aromatic heterocycles. The minimum Gasteiger partial charge on any atom is -0.394 e. The summed E-state index contributed by atoms with van der Waals surface area (Å²) in [7, 11) is 0. The summed E-state index contributed by atoms with van der Waals surface area (Å²) in [5, 5.41) is 172. The minimum atomic E-state index is -2.20. The Labute approximate surface area is 623 Å². The van der Waals surface area contributed by atoms with Gasteiger partial charge in [-0.3, -0.25) is 9.59 Å². The van der Waals surface area contributed by atoms with Gasteiger partial charge in [-0.25, -0.2) is 0 Å². The van der Waals surface area contributed by atoms with Crippen LogP contribution in [0, 0.1) is 0 Å². The Hall–Kier alpha value is -2.32. The van der Waals surface area contributed by atoms with Gasteiger partial charge in [-0.05, 0) is 26.2 Å². The van der Waals surface area contributed by atoms with Crippen molar-refractivity contribution in [3.63, 3.8) is 0 Å². The fraction of sp³-hybridized carbons (Fsp3) is 0.947. The van der Waals surface area contributed by atoms with Crippen LogP contribution in [0.15, 0.2) is 12.2 Å². The molecule has 29 heteroatoms. The standard InChI is InChI=1S/C76H140N2O27/c1-5-7-9-11-13-15-17-19-20-21-22-23-24-25-26-27-28-30-32-34-36-38-40-42-56(85)78-50(51(84)41-39-37-35-33-31-29-18-16-14-12-10-8-6-2)47-96-73-65(93)63(91)68(55(46-82)101-73)102-75-67(95)71(61(89)54(45-81)99-75)105-76-66(94)70(60(88)53(44-80)100-76)104-72-57(77-49(4)83)69(59(87)52(43-79)98-72)103-74-64(92)62(90)58(86)48(3)97-74/h39,41,48,50-55,57-76,79-82,84,86-95H,5-38,40,42-47H2,1-4H3,(H,77,83)(H,78,85)/b41-39+/t48?,50-,51+,52?,53?,54?,55?,57?,58+,59+,60-,61-,62?,63+,64-,65?,66?,67?,68+,69+,70-,71-,72-,73+,74+,75-,76+/m0/s1. The van der Waals surface area contributed by atoms with Crippen molar-refractivity contribution >= 4 is 11.8 Å². The summed E-state index contributed by atoms with van der Waals surface area (Å²) < 4.78 is 58.8. The molecular weight excluding hydrogens is 1370 g/mol. The molecule has 29 nitrogen and oxygen atoms in total. The first kappa shape index (κ1) is 93.3. The topological polar surface area (TPSA) is 454 Å². The highest BCUT2D eigenvalue weighted by Gasteiger charge is 2.57. The van der Waals surface area contributed by atoms with Crippen molar-refractivity contribution in [3.8, 4) is 0 Å². The molecule has 0 aromatic carbocycles. The van der Waals surface area contributed by atoms with E-state index in [0.29, 0.717) is 12.8 Å². The highest BCUT2D eigenvalue weighted by Crippen LogP contribution is 2.37. The molecule has 0 bridgehead atoms. The monoisotopic (exact) mass is 1510 g/mol. The molecule has 0 aliphatic carbocycles. The fourth-order valence-electron chi connectivity index (χ4n) is 14.6. The van der Waals surface area contributed by atoms with Gasteiger partial charge in [0.2, 0.25) is 11.8 Å². The number of hydrogen-bond donors (Lipinski definition) is 17. The molecule has 5 fully saturated rings. The molecular formula is C76H140N2O27. The van der Waals surface area contributed by atoms with Crippen LogP contribution in [0.5, 0.6) is 0 Å². The molecule has 2 amide bonds. The van der Waals surface area contributed by atoms with Crippen molar-refractivity contribution in [1.29, 1.82) is 0 Å². The number of rotatable bonds is 55. The number of aliphatic hydroxyl groups is 15. The van der Waals surface area contributed by atoms with E-state index < -0.39 is 205 Å². The summed E-state index contributed by atoms with van der Waals surface area (Å²) in [5.41, 5.74) is 0. The molecule has 5 heterocycles. The van der Waals surface area contributed by atoms with Crippen LogP contribution in [0.1, 0.15) is 259 Å². The summed E-state index contributed by atoms with van der Waals surface area (Å²) in [4.78, 5) is 26.3. The predicted octanol–water partition coefficient (Wildman–Crippen LogP) is 3.76. The third-order valence-electron chi connectivity index (χ3n) is 21.2. The van der Waals surface area contributed by atoms with Gasteiger partial charge in [0, 0.05) is 13.3 Å². The normalized spacial score (nSPS) is 34.5. The second kappa shape index (κ2) is 52.8. The summed E-state index contributed by atoms with van der Waals surface area (Å²) in [5.74, 6) is -1.10. The van der Waals surface area contributed by atoms with Crippen molar-refractivity contribution in [1.82, 2.24) is 10.6 Å². The molecule has 5 saturated heterocycles. The number of aliphatic hydroxyl groups excluding tert-OH is 15. The second-order valence-corrected chi connectivity index (χ2v) is 29.9. The van der Waals surface area contributed by atoms with Crippen molar-refractivity contribution < 1.29 is 134 Å². The van der Waals surface area contributed by atoms with Crippen molar-refractivity contribution in [2.45, 2.75) is 424 Å². The maximum atomic E-state index is 13.5. The van der Waals surface area contributed by atoms with Gasteiger partial charge in [0.05, 0.1) is 51.3 Å². The van der Waals surface area contributed by atoms with Gasteiger partial charge in [0.1, 0.15) is 116 Å². The molecule has 105 heavy (non-hydrogen) atoms. The maximum Gasteiger partial charge on any atom is 0.220 e. The van der Waals surface area contributed by atoms with Crippen LogP contribution in [-0.4, -0.2) is 287 Å². The molecule has 0 radical (unpaired) electrons. The van der Waals surface area contributed by atoms with Gasteiger partial charge in [0.15, 0.2) is 31.5 Å². The van der Waals surface area contributed by atoms with E-state index in [1.807, 2.05) is 6.08 Å². The van der Waals surface area contributed by atoms with Crippen LogP contribution in [-0.2, 0) is 57.0 Å². The van der Waals surface area contributed by atoms with Crippen LogP contribution >= 0.6 is 0 Å². The zero-order chi connectivity index (χ0) is 76.6. The van der Waals surface area contributed by atoms with E-state index in [0.717, 1.165) is 51.9 Å². The van der Waals surface area contributed by atoms with Crippen LogP contribution < -0.4 is 10.6 Å². The van der Waals surface area contributed by atoms with Crippen LogP contribution in [0.2, 0.25) is 0 Å². The molecule has 5 rings (SSSR count). The first-order valence-corrected chi connectivity index (χ1v) is 40.3. The predicted molar refractivity (Wildman–Crippen MR) is 385 cm³/mol. The third kappa shape index (κ3) is 31.6. The number of allylic oxidation sites excluding steroid dienone is 1. The van der Waals surface area contributed by atoms with Gasteiger partial charge in [-0.2, -0.15) is 0 Å². The largest absolute Gasteiger partial charge is 0.394 e. The Balaban J connectivity index is 1.15. The number of amides is 2. The minimum absolute atomic E-state index is 0.196. The van der Waals surface area contributed by atoms with Crippen molar-refractivity contribution in [3.05, 3.63) is 12.2 Å². The van der Waals surface area contributed by atoms with Gasteiger partial charge in [-0.15, -0.1) is 0 Å². The first-order valence-electron chi connectivity index (χ1n) is 40.3. The smallest absolute Gasteiger partial charge is 0.220 e. The molecule has 10 unspecified atom stereocenters. The number of nitrogens with one attached hydrogen (secondary N) is 2. The SMILES string of the molecule is CCCCCCCCCCCCC/C=C/[C@@H](O)[C@H](CO[C@@H]1OC(CO)[C@@H](O[C@@H]2OC(CO)[C@H](O)[C@H](O[C@H]3OC(CO)[C@H](O)[C@H](O[C@@H]4OC(CO)[C@@H](O)[C@H](O[C@H]5OC(C)[C@@H](O)C(O)[C@@H]5O)C4NC(C)=O)C3O)C2O)[C@H](O)C1O)NC(=O)CCCCCCCCCCCCCCCCCCCCCCCCC. The van der Waals surface area contributed by atoms with Gasteiger partial charge < -0.3 is 135 Å². The molecule has 0 saturated carbocycles. The second-order valence-electron chi connectivity index (χ2n) is 29.9. The molecule has 0 spiro atoms. The van der Waals surface area contributed by atoms with Crippen LogP contribution in [0.25, 0.3) is 0 Å². The highest BCUT2D eigenvalue weighted by atomic mass is 16.8. The lowest BCUT2D eigenvalue weighted by Crippen LogP contribution is -2.70. The molecule has 27 atom stereocenters. The number of carbonyl (C=O) groups is 2. The van der Waals surface area contributed by atoms with E-state index in [4.69, 9.17) is 47.4 Å². The van der Waals surface area contributed by atoms with Gasteiger partial charge in [-0.1, -0.05) is 231 Å². The highest BCUT2D eigenvalue weighted by molar-refractivity contribution is 5.76. The van der Waals surface area contributed by atoms with Gasteiger partial charge >= 0.3 is 0 Å².